The minimum absolute atomic E-state index is 0.125. The summed E-state index contributed by atoms with van der Waals surface area (Å²) in [5.41, 5.74) is 1.44. The third-order valence-corrected chi connectivity index (χ3v) is 4.03. The molecule has 8 nitrogen and oxygen atoms in total. The molecule has 134 valence electrons. The molecule has 26 heavy (non-hydrogen) atoms. The van der Waals surface area contributed by atoms with Gasteiger partial charge in [0.25, 0.3) is 17.5 Å². The standard InChI is InChI=1S/C18H18N4O4/c1-19-17(23)11-2-5-14(6-3-11)21-18(24)12-4-9-15(20-13-7-8-13)16(10-12)22(25)26/h2-6,9-10,13,20H,7-8H2,1H3,(H,19,23)(H,21,24). The largest absolute Gasteiger partial charge is 0.377 e. The zero-order valence-electron chi connectivity index (χ0n) is 14.1. The molecule has 2 aromatic carbocycles. The van der Waals surface area contributed by atoms with Crippen molar-refractivity contribution in [3.8, 4) is 0 Å². The molecule has 3 N–H and O–H groups in total. The molecule has 0 aliphatic heterocycles. The van der Waals surface area contributed by atoms with Crippen LogP contribution in [0.2, 0.25) is 0 Å². The van der Waals surface area contributed by atoms with Gasteiger partial charge in [-0.3, -0.25) is 19.7 Å². The maximum absolute atomic E-state index is 12.4. The first-order valence-electron chi connectivity index (χ1n) is 8.16. The zero-order valence-corrected chi connectivity index (χ0v) is 14.1. The molecule has 3 rings (SSSR count). The van der Waals surface area contributed by atoms with Gasteiger partial charge in [-0.25, -0.2) is 0 Å². The Balaban J connectivity index is 1.75. The van der Waals surface area contributed by atoms with Crippen molar-refractivity contribution in [3.63, 3.8) is 0 Å². The van der Waals surface area contributed by atoms with Crippen LogP contribution < -0.4 is 16.0 Å². The van der Waals surface area contributed by atoms with Crippen LogP contribution >= 0.6 is 0 Å². The Hall–Kier alpha value is -3.42. The zero-order chi connectivity index (χ0) is 18.7. The van der Waals surface area contributed by atoms with Gasteiger partial charge >= 0.3 is 0 Å². The molecule has 2 amide bonds. The third-order valence-electron chi connectivity index (χ3n) is 4.03. The molecule has 0 unspecified atom stereocenters. The Kier molecular flexibility index (Phi) is 4.83. The summed E-state index contributed by atoms with van der Waals surface area (Å²) in [4.78, 5) is 34.7. The molecule has 0 radical (unpaired) electrons. The maximum Gasteiger partial charge on any atom is 0.293 e. The number of nitro groups is 1. The molecule has 2 aromatic rings. The minimum Gasteiger partial charge on any atom is -0.377 e. The molecule has 0 saturated heterocycles. The van der Waals surface area contributed by atoms with Gasteiger partial charge in [0.15, 0.2) is 0 Å². The Morgan fingerprint density at radius 1 is 1.04 bits per heavy atom. The topological polar surface area (TPSA) is 113 Å². The highest BCUT2D eigenvalue weighted by molar-refractivity contribution is 6.05. The van der Waals surface area contributed by atoms with E-state index in [4.69, 9.17) is 0 Å². The highest BCUT2D eigenvalue weighted by Gasteiger charge is 2.25. The third kappa shape index (κ3) is 3.97. The van der Waals surface area contributed by atoms with Crippen LogP contribution in [0.5, 0.6) is 0 Å². The fourth-order valence-electron chi connectivity index (χ4n) is 2.45. The number of rotatable bonds is 6. The molecule has 0 aromatic heterocycles. The van der Waals surface area contributed by atoms with Gasteiger partial charge in [-0.05, 0) is 49.2 Å². The molecule has 0 atom stereocenters. The van der Waals surface area contributed by atoms with Crippen LogP contribution in [0.1, 0.15) is 33.6 Å². The number of nitrogens with zero attached hydrogens (tertiary/aromatic N) is 1. The van der Waals surface area contributed by atoms with Gasteiger partial charge in [0.05, 0.1) is 4.92 Å². The first kappa shape index (κ1) is 17.4. The average molecular weight is 354 g/mol. The van der Waals surface area contributed by atoms with Crippen molar-refractivity contribution in [2.75, 3.05) is 17.7 Å². The fourth-order valence-corrected chi connectivity index (χ4v) is 2.45. The smallest absolute Gasteiger partial charge is 0.293 e. The van der Waals surface area contributed by atoms with E-state index in [0.717, 1.165) is 12.8 Å². The summed E-state index contributed by atoms with van der Waals surface area (Å²) in [5, 5.41) is 19.6. The van der Waals surface area contributed by atoms with E-state index in [1.807, 2.05) is 0 Å². The Labute approximate surface area is 149 Å². The van der Waals surface area contributed by atoms with Gasteiger partial charge in [-0.1, -0.05) is 0 Å². The van der Waals surface area contributed by atoms with E-state index >= 15 is 0 Å². The summed E-state index contributed by atoms with van der Waals surface area (Å²) in [6.07, 6.45) is 1.98. The lowest BCUT2D eigenvalue weighted by molar-refractivity contribution is -0.384. The average Bonchev–Trinajstić information content (AvgIpc) is 3.45. The van der Waals surface area contributed by atoms with Crippen LogP contribution in [0.3, 0.4) is 0 Å². The van der Waals surface area contributed by atoms with Gasteiger partial charge < -0.3 is 16.0 Å². The summed E-state index contributed by atoms with van der Waals surface area (Å²) in [6.45, 7) is 0. The molecule has 1 saturated carbocycles. The second-order valence-electron chi connectivity index (χ2n) is 6.02. The summed E-state index contributed by atoms with van der Waals surface area (Å²) < 4.78 is 0. The number of carbonyl (C=O) groups excluding carboxylic acids is 2. The Morgan fingerprint density at radius 3 is 2.27 bits per heavy atom. The maximum atomic E-state index is 12.4. The van der Waals surface area contributed by atoms with Gasteiger partial charge in [0.2, 0.25) is 0 Å². The van der Waals surface area contributed by atoms with Gasteiger partial charge in [0, 0.05) is 36.0 Å². The highest BCUT2D eigenvalue weighted by Crippen LogP contribution is 2.31. The second-order valence-corrected chi connectivity index (χ2v) is 6.02. The number of anilines is 2. The van der Waals surface area contributed by atoms with Crippen molar-refractivity contribution < 1.29 is 14.5 Å². The molecule has 1 aliphatic rings. The van der Waals surface area contributed by atoms with Crippen molar-refractivity contribution in [2.45, 2.75) is 18.9 Å². The number of hydrogen-bond acceptors (Lipinski definition) is 5. The Bertz CT molecular complexity index is 860. The number of nitrogens with one attached hydrogen (secondary N) is 3. The summed E-state index contributed by atoms with van der Waals surface area (Å²) >= 11 is 0. The van der Waals surface area contributed by atoms with Crippen molar-refractivity contribution in [2.24, 2.45) is 0 Å². The van der Waals surface area contributed by atoms with E-state index in [9.17, 15) is 19.7 Å². The number of amides is 2. The predicted molar refractivity (Wildman–Crippen MR) is 97.5 cm³/mol. The van der Waals surface area contributed by atoms with Crippen LogP contribution in [0.15, 0.2) is 42.5 Å². The number of carbonyl (C=O) groups is 2. The summed E-state index contributed by atoms with van der Waals surface area (Å²) in [5.74, 6) is -0.684. The van der Waals surface area contributed by atoms with E-state index in [2.05, 4.69) is 16.0 Å². The molecule has 8 heteroatoms. The lowest BCUT2D eigenvalue weighted by atomic mass is 10.1. The first-order valence-corrected chi connectivity index (χ1v) is 8.16. The van der Waals surface area contributed by atoms with Gasteiger partial charge in [-0.15, -0.1) is 0 Å². The van der Waals surface area contributed by atoms with Crippen molar-refractivity contribution in [1.29, 1.82) is 0 Å². The van der Waals surface area contributed by atoms with E-state index in [-0.39, 0.29) is 23.2 Å². The van der Waals surface area contributed by atoms with Crippen LogP contribution in [0, 0.1) is 10.1 Å². The van der Waals surface area contributed by atoms with E-state index in [1.165, 1.54) is 13.1 Å². The second kappa shape index (κ2) is 7.22. The SMILES string of the molecule is CNC(=O)c1ccc(NC(=O)c2ccc(NC3CC3)c([N+](=O)[O-])c2)cc1. The summed E-state index contributed by atoms with van der Waals surface area (Å²) in [6, 6.07) is 11.0. The molecular weight excluding hydrogens is 336 g/mol. The fraction of sp³-hybridized carbons (Fsp3) is 0.222. The number of nitro benzene ring substituents is 1. The Morgan fingerprint density at radius 2 is 1.69 bits per heavy atom. The van der Waals surface area contributed by atoms with E-state index < -0.39 is 10.8 Å². The van der Waals surface area contributed by atoms with E-state index in [0.29, 0.717) is 16.9 Å². The highest BCUT2D eigenvalue weighted by atomic mass is 16.6. The van der Waals surface area contributed by atoms with Crippen LogP contribution in [-0.4, -0.2) is 29.8 Å². The van der Waals surface area contributed by atoms with Crippen molar-refractivity contribution >= 4 is 28.9 Å². The van der Waals surface area contributed by atoms with Gasteiger partial charge in [0.1, 0.15) is 5.69 Å². The lowest BCUT2D eigenvalue weighted by Crippen LogP contribution is -2.18. The van der Waals surface area contributed by atoms with Gasteiger partial charge in [-0.2, -0.15) is 0 Å². The molecule has 1 fully saturated rings. The molecule has 1 aliphatic carbocycles. The normalized spacial score (nSPS) is 13.0. The van der Waals surface area contributed by atoms with Crippen LogP contribution in [-0.2, 0) is 0 Å². The minimum atomic E-state index is -0.500. The molecular formula is C18H18N4O4. The van der Waals surface area contributed by atoms with Crippen molar-refractivity contribution in [1.82, 2.24) is 5.32 Å². The predicted octanol–water partition coefficient (Wildman–Crippen LogP) is 2.78. The first-order chi connectivity index (χ1) is 12.5. The quantitative estimate of drug-likeness (QED) is 0.545. The van der Waals surface area contributed by atoms with Crippen LogP contribution in [0.4, 0.5) is 17.1 Å². The lowest BCUT2D eigenvalue weighted by Gasteiger charge is -2.09. The molecule has 0 bridgehead atoms. The van der Waals surface area contributed by atoms with E-state index in [1.54, 1.807) is 36.4 Å². The number of hydrogen-bond donors (Lipinski definition) is 3. The molecule has 0 heterocycles. The van der Waals surface area contributed by atoms with Crippen molar-refractivity contribution in [3.05, 3.63) is 63.7 Å². The van der Waals surface area contributed by atoms with Crippen LogP contribution in [0.25, 0.3) is 0 Å². The monoisotopic (exact) mass is 354 g/mol. The summed E-state index contributed by atoms with van der Waals surface area (Å²) in [7, 11) is 1.53. The molecule has 0 spiro atoms. The number of benzene rings is 2.